The Kier molecular flexibility index (Phi) is 2.70. The van der Waals surface area contributed by atoms with Crippen LogP contribution in [0.2, 0.25) is 5.02 Å². The minimum atomic E-state index is -0.414. The average Bonchev–Trinajstić information content (AvgIpc) is 2.48. The van der Waals surface area contributed by atoms with Crippen LogP contribution in [-0.4, -0.2) is 14.3 Å². The molecule has 0 saturated heterocycles. The molecule has 16 heavy (non-hydrogen) atoms. The Bertz CT molecular complexity index is 606. The lowest BCUT2D eigenvalue weighted by Crippen LogP contribution is -2.28. The van der Waals surface area contributed by atoms with Crippen molar-refractivity contribution < 1.29 is 0 Å². The Balaban J connectivity index is 2.38. The molecule has 0 radical (unpaired) electrons. The number of benzene rings is 1. The lowest BCUT2D eigenvalue weighted by atomic mass is 10.2. The molecule has 0 fully saturated rings. The van der Waals surface area contributed by atoms with Crippen molar-refractivity contribution in [2.24, 2.45) is 7.05 Å². The third-order valence-corrected chi connectivity index (χ3v) is 2.53. The van der Waals surface area contributed by atoms with E-state index in [1.54, 1.807) is 24.3 Å². The lowest BCUT2D eigenvalue weighted by Gasteiger charge is -1.99. The van der Waals surface area contributed by atoms with Gasteiger partial charge in [0.15, 0.2) is 0 Å². The molecular formula is C10H10ClN3O2. The second-order valence-electron chi connectivity index (χ2n) is 3.47. The molecule has 1 heterocycles. The number of aromatic amines is 1. The lowest BCUT2D eigenvalue weighted by molar-refractivity contribution is 0.689. The summed E-state index contributed by atoms with van der Waals surface area (Å²) in [7, 11) is 1.50. The minimum Gasteiger partial charge on any atom is -0.246 e. The van der Waals surface area contributed by atoms with E-state index in [9.17, 15) is 9.59 Å². The van der Waals surface area contributed by atoms with Gasteiger partial charge in [-0.2, -0.15) is 0 Å². The van der Waals surface area contributed by atoms with Gasteiger partial charge in [0, 0.05) is 12.1 Å². The smallest absolute Gasteiger partial charge is 0.246 e. The van der Waals surface area contributed by atoms with E-state index in [-0.39, 0.29) is 12.2 Å². The Morgan fingerprint density at radius 2 is 1.88 bits per heavy atom. The highest BCUT2D eigenvalue weighted by atomic mass is 35.5. The first-order valence-electron chi connectivity index (χ1n) is 4.68. The number of nitrogens with zero attached hydrogens (tertiary/aromatic N) is 2. The maximum absolute atomic E-state index is 11.5. The molecule has 0 unspecified atom stereocenters. The van der Waals surface area contributed by atoms with Crippen molar-refractivity contribution in [3.8, 4) is 0 Å². The van der Waals surface area contributed by atoms with Crippen LogP contribution < -0.4 is 11.4 Å². The molecule has 84 valence electrons. The fraction of sp³-hybridized carbons (Fsp3) is 0.200. The predicted molar refractivity (Wildman–Crippen MR) is 60.8 cm³/mol. The fourth-order valence-corrected chi connectivity index (χ4v) is 1.56. The first-order chi connectivity index (χ1) is 7.58. The Morgan fingerprint density at radius 1 is 1.25 bits per heavy atom. The molecule has 0 aliphatic heterocycles. The van der Waals surface area contributed by atoms with Gasteiger partial charge in [0.25, 0.3) is 0 Å². The third-order valence-electron chi connectivity index (χ3n) is 2.28. The van der Waals surface area contributed by atoms with E-state index in [0.717, 1.165) is 14.8 Å². The van der Waals surface area contributed by atoms with E-state index in [1.807, 2.05) is 0 Å². The van der Waals surface area contributed by atoms with Crippen LogP contribution in [0.5, 0.6) is 0 Å². The Hall–Kier alpha value is -1.75. The number of nitrogens with one attached hydrogen (secondary N) is 1. The van der Waals surface area contributed by atoms with Gasteiger partial charge >= 0.3 is 11.4 Å². The van der Waals surface area contributed by atoms with Crippen molar-refractivity contribution in [2.75, 3.05) is 0 Å². The summed E-state index contributed by atoms with van der Waals surface area (Å²) in [5.41, 5.74) is 0.0746. The van der Waals surface area contributed by atoms with Crippen molar-refractivity contribution in [3.05, 3.63) is 55.8 Å². The van der Waals surface area contributed by atoms with Crippen LogP contribution in [0.4, 0.5) is 0 Å². The van der Waals surface area contributed by atoms with Gasteiger partial charge < -0.3 is 0 Å². The SMILES string of the molecule is Cn1[nH]c(=O)n(Cc2ccc(Cl)cc2)c1=O. The molecule has 0 atom stereocenters. The molecule has 6 heteroatoms. The highest BCUT2D eigenvalue weighted by molar-refractivity contribution is 6.30. The summed E-state index contributed by atoms with van der Waals surface area (Å²) in [6, 6.07) is 7.00. The van der Waals surface area contributed by atoms with Gasteiger partial charge in [0.2, 0.25) is 0 Å². The topological polar surface area (TPSA) is 59.8 Å². The number of aromatic nitrogens is 3. The predicted octanol–water partition coefficient (Wildman–Crippen LogP) is 0.577. The molecule has 0 aliphatic rings. The summed E-state index contributed by atoms with van der Waals surface area (Å²) >= 11 is 5.74. The van der Waals surface area contributed by atoms with Crippen LogP contribution in [-0.2, 0) is 13.6 Å². The van der Waals surface area contributed by atoms with E-state index < -0.39 is 5.69 Å². The van der Waals surface area contributed by atoms with Crippen LogP contribution in [0.25, 0.3) is 0 Å². The molecule has 0 spiro atoms. The number of aryl methyl sites for hydroxylation is 1. The van der Waals surface area contributed by atoms with Gasteiger partial charge in [-0.05, 0) is 17.7 Å². The first-order valence-corrected chi connectivity index (χ1v) is 5.06. The summed E-state index contributed by atoms with van der Waals surface area (Å²) in [5, 5.41) is 3.02. The summed E-state index contributed by atoms with van der Waals surface area (Å²) in [6.45, 7) is 0.242. The summed E-state index contributed by atoms with van der Waals surface area (Å²) < 4.78 is 2.28. The van der Waals surface area contributed by atoms with Crippen molar-refractivity contribution >= 4 is 11.6 Å². The molecular weight excluding hydrogens is 230 g/mol. The van der Waals surface area contributed by atoms with E-state index in [0.29, 0.717) is 5.02 Å². The maximum atomic E-state index is 11.5. The number of hydrogen-bond acceptors (Lipinski definition) is 2. The maximum Gasteiger partial charge on any atom is 0.346 e. The van der Waals surface area contributed by atoms with E-state index >= 15 is 0 Å². The zero-order valence-corrected chi connectivity index (χ0v) is 9.36. The fourth-order valence-electron chi connectivity index (χ4n) is 1.43. The molecule has 0 aliphatic carbocycles. The molecule has 1 aromatic carbocycles. The molecule has 0 bridgehead atoms. The molecule has 1 N–H and O–H groups in total. The monoisotopic (exact) mass is 239 g/mol. The number of H-pyrrole nitrogens is 1. The zero-order chi connectivity index (χ0) is 11.7. The summed E-state index contributed by atoms with van der Waals surface area (Å²) in [4.78, 5) is 22.9. The second kappa shape index (κ2) is 4.02. The van der Waals surface area contributed by atoms with Crippen molar-refractivity contribution in [2.45, 2.75) is 6.54 Å². The van der Waals surface area contributed by atoms with Crippen molar-refractivity contribution in [3.63, 3.8) is 0 Å². The van der Waals surface area contributed by atoms with Crippen LogP contribution in [0.1, 0.15) is 5.56 Å². The van der Waals surface area contributed by atoms with Gasteiger partial charge in [-0.25, -0.2) is 23.9 Å². The zero-order valence-electron chi connectivity index (χ0n) is 8.61. The van der Waals surface area contributed by atoms with Gasteiger partial charge in [0.05, 0.1) is 6.54 Å². The summed E-state index contributed by atoms with van der Waals surface area (Å²) in [5.74, 6) is 0. The first kappa shape index (κ1) is 10.8. The van der Waals surface area contributed by atoms with Crippen LogP contribution in [0.15, 0.2) is 33.9 Å². The largest absolute Gasteiger partial charge is 0.346 e. The Morgan fingerprint density at radius 3 is 2.38 bits per heavy atom. The van der Waals surface area contributed by atoms with Crippen molar-refractivity contribution in [1.82, 2.24) is 14.3 Å². The second-order valence-corrected chi connectivity index (χ2v) is 3.91. The van der Waals surface area contributed by atoms with Crippen LogP contribution in [0.3, 0.4) is 0 Å². The van der Waals surface area contributed by atoms with Crippen molar-refractivity contribution in [1.29, 1.82) is 0 Å². The average molecular weight is 240 g/mol. The summed E-state index contributed by atoms with van der Waals surface area (Å²) in [6.07, 6.45) is 0. The minimum absolute atomic E-state index is 0.242. The number of rotatable bonds is 2. The quantitative estimate of drug-likeness (QED) is 0.833. The number of halogens is 1. The molecule has 5 nitrogen and oxygen atoms in total. The van der Waals surface area contributed by atoms with Gasteiger partial charge in [0.1, 0.15) is 0 Å². The molecule has 2 rings (SSSR count). The van der Waals surface area contributed by atoms with Crippen LogP contribution in [0, 0.1) is 0 Å². The standard InChI is InChI=1S/C10H10ClN3O2/c1-13-10(16)14(9(15)12-13)6-7-2-4-8(11)5-3-7/h2-5H,6H2,1H3,(H,12,15). The van der Waals surface area contributed by atoms with Crippen LogP contribution >= 0.6 is 11.6 Å². The third kappa shape index (κ3) is 1.94. The van der Waals surface area contributed by atoms with Gasteiger partial charge in [-0.15, -0.1) is 0 Å². The molecule has 1 aromatic heterocycles. The number of hydrogen-bond donors (Lipinski definition) is 1. The highest BCUT2D eigenvalue weighted by Crippen LogP contribution is 2.09. The normalized spacial score (nSPS) is 10.6. The van der Waals surface area contributed by atoms with E-state index in [4.69, 9.17) is 11.6 Å². The molecule has 2 aromatic rings. The molecule has 0 amide bonds. The molecule has 0 saturated carbocycles. The van der Waals surface area contributed by atoms with E-state index in [2.05, 4.69) is 5.10 Å². The van der Waals surface area contributed by atoms with Gasteiger partial charge in [-0.3, -0.25) is 0 Å². The Labute approximate surface area is 95.9 Å². The highest BCUT2D eigenvalue weighted by Gasteiger charge is 2.06. The van der Waals surface area contributed by atoms with Gasteiger partial charge in [-0.1, -0.05) is 23.7 Å². The van der Waals surface area contributed by atoms with E-state index in [1.165, 1.54) is 7.05 Å².